The van der Waals surface area contributed by atoms with Crippen LogP contribution in [-0.2, 0) is 28.5 Å². The van der Waals surface area contributed by atoms with Crippen molar-refractivity contribution in [2.75, 3.05) is 41.3 Å². The van der Waals surface area contributed by atoms with Crippen LogP contribution in [-0.4, -0.2) is 70.6 Å². The fourth-order valence-electron chi connectivity index (χ4n) is 1.90. The number of esters is 1. The molecule has 0 aromatic rings. The molecule has 0 radical (unpaired) electrons. The van der Waals surface area contributed by atoms with Crippen molar-refractivity contribution in [3.8, 4) is 0 Å². The van der Waals surface area contributed by atoms with Crippen LogP contribution in [0.5, 0.6) is 0 Å². The number of hydrogen-bond donors (Lipinski definition) is 0. The van der Waals surface area contributed by atoms with Crippen LogP contribution in [0.25, 0.3) is 0 Å². The summed E-state index contributed by atoms with van der Waals surface area (Å²) in [5.74, 6) is -0.560. The van der Waals surface area contributed by atoms with E-state index in [1.165, 1.54) is 44.5 Å². The summed E-state index contributed by atoms with van der Waals surface area (Å²) < 4.78 is 25.2. The summed E-state index contributed by atoms with van der Waals surface area (Å²) in [6.45, 7) is 7.41. The highest BCUT2D eigenvalue weighted by Crippen LogP contribution is 2.13. The van der Waals surface area contributed by atoms with Crippen LogP contribution in [0.4, 0.5) is 4.79 Å². The van der Waals surface area contributed by atoms with E-state index >= 15 is 0 Å². The molecule has 144 valence electrons. The predicted molar refractivity (Wildman–Crippen MR) is 91.8 cm³/mol. The summed E-state index contributed by atoms with van der Waals surface area (Å²) >= 11 is 0. The van der Waals surface area contributed by atoms with E-state index in [9.17, 15) is 9.59 Å². The second-order valence-corrected chi connectivity index (χ2v) is 5.39. The summed E-state index contributed by atoms with van der Waals surface area (Å²) in [6.07, 6.45) is 2.92. The van der Waals surface area contributed by atoms with Crippen LogP contribution in [0, 0.1) is 5.92 Å². The molecule has 0 aliphatic heterocycles. The molecule has 0 aromatic carbocycles. The first-order chi connectivity index (χ1) is 11.9. The zero-order chi connectivity index (χ0) is 19.2. The van der Waals surface area contributed by atoms with E-state index in [2.05, 4.69) is 6.58 Å². The second kappa shape index (κ2) is 13.4. The third-order valence-electron chi connectivity index (χ3n) is 3.25. The molecule has 8 heteroatoms. The van der Waals surface area contributed by atoms with E-state index in [-0.39, 0.29) is 25.9 Å². The number of carbonyl (C=O) groups excluding carboxylic acids is 2. The first-order valence-corrected chi connectivity index (χ1v) is 7.84. The van der Waals surface area contributed by atoms with E-state index in [4.69, 9.17) is 23.7 Å². The lowest BCUT2D eigenvalue weighted by Crippen LogP contribution is -2.47. The summed E-state index contributed by atoms with van der Waals surface area (Å²) in [5, 5.41) is 0. The monoisotopic (exact) mass is 359 g/mol. The maximum Gasteiger partial charge on any atom is 0.412 e. The molecule has 0 heterocycles. The van der Waals surface area contributed by atoms with E-state index in [0.29, 0.717) is 0 Å². The number of amides is 1. The molecule has 0 fully saturated rings. The lowest BCUT2D eigenvalue weighted by molar-refractivity contribution is -0.141. The third kappa shape index (κ3) is 9.23. The van der Waals surface area contributed by atoms with Gasteiger partial charge in [-0.05, 0) is 12.0 Å². The van der Waals surface area contributed by atoms with Crippen molar-refractivity contribution in [3.05, 3.63) is 24.8 Å². The van der Waals surface area contributed by atoms with E-state index in [1.54, 1.807) is 0 Å². The molecule has 1 atom stereocenters. The lowest BCUT2D eigenvalue weighted by atomic mass is 10.0. The molecule has 0 N–H and O–H groups in total. The quantitative estimate of drug-likeness (QED) is 0.228. The third-order valence-corrected chi connectivity index (χ3v) is 3.25. The van der Waals surface area contributed by atoms with Gasteiger partial charge in [-0.3, -0.25) is 4.90 Å². The predicted octanol–water partition coefficient (Wildman–Crippen LogP) is 1.96. The molecule has 0 saturated heterocycles. The van der Waals surface area contributed by atoms with Gasteiger partial charge in [-0.2, -0.15) is 0 Å². The zero-order valence-corrected chi connectivity index (χ0v) is 15.6. The van der Waals surface area contributed by atoms with Crippen LogP contribution in [0.2, 0.25) is 0 Å². The fraction of sp³-hybridized carbons (Fsp3) is 0.647. The largest absolute Gasteiger partial charge is 0.460 e. The van der Waals surface area contributed by atoms with E-state index in [1.807, 2.05) is 13.8 Å². The van der Waals surface area contributed by atoms with Gasteiger partial charge in [0.25, 0.3) is 0 Å². The lowest BCUT2D eigenvalue weighted by Gasteiger charge is -2.32. The van der Waals surface area contributed by atoms with Crippen LogP contribution < -0.4 is 0 Å². The molecular weight excluding hydrogens is 330 g/mol. The van der Waals surface area contributed by atoms with E-state index < -0.39 is 24.4 Å². The molecule has 0 aliphatic carbocycles. The summed E-state index contributed by atoms with van der Waals surface area (Å²) in [5.41, 5.74) is 0. The highest BCUT2D eigenvalue weighted by molar-refractivity contribution is 5.82. The van der Waals surface area contributed by atoms with Crippen molar-refractivity contribution in [2.24, 2.45) is 5.92 Å². The van der Waals surface area contributed by atoms with E-state index in [0.717, 1.165) is 0 Å². The highest BCUT2D eigenvalue weighted by atomic mass is 16.7. The average molecular weight is 359 g/mol. The van der Waals surface area contributed by atoms with Gasteiger partial charge in [-0.1, -0.05) is 26.5 Å². The SMILES string of the molecule is C=CCOC(=O)N(COC)C(COC(=O)/C=C\C(OC)OC)C(C)C. The first kappa shape index (κ1) is 23.1. The molecule has 1 unspecified atom stereocenters. The highest BCUT2D eigenvalue weighted by Gasteiger charge is 2.28. The van der Waals surface area contributed by atoms with Gasteiger partial charge in [-0.25, -0.2) is 9.59 Å². The Morgan fingerprint density at radius 1 is 1.12 bits per heavy atom. The molecular formula is C17H29NO7. The van der Waals surface area contributed by atoms with Gasteiger partial charge >= 0.3 is 12.1 Å². The smallest absolute Gasteiger partial charge is 0.412 e. The summed E-state index contributed by atoms with van der Waals surface area (Å²) in [6, 6.07) is -0.407. The van der Waals surface area contributed by atoms with Gasteiger partial charge in [-0.15, -0.1) is 0 Å². The average Bonchev–Trinajstić information content (AvgIpc) is 2.59. The van der Waals surface area contributed by atoms with Crippen molar-refractivity contribution in [1.29, 1.82) is 0 Å². The minimum absolute atomic E-state index is 0.00196. The fourth-order valence-corrected chi connectivity index (χ4v) is 1.90. The standard InChI is InChI=1S/C17H29NO7/c1-7-10-24-17(20)18(12-21-4)14(13(2)3)11-25-15(19)8-9-16(22-5)23-6/h7-9,13-14,16H,1,10-12H2,2-6H3/b9-8-. The molecule has 0 spiro atoms. The normalized spacial score (nSPS) is 12.4. The summed E-state index contributed by atoms with van der Waals surface area (Å²) in [7, 11) is 4.38. The topological polar surface area (TPSA) is 83.5 Å². The van der Waals surface area contributed by atoms with Crippen molar-refractivity contribution in [1.82, 2.24) is 4.90 Å². The molecule has 25 heavy (non-hydrogen) atoms. The second-order valence-electron chi connectivity index (χ2n) is 5.39. The molecule has 0 saturated carbocycles. The Morgan fingerprint density at radius 3 is 2.24 bits per heavy atom. The Hall–Kier alpha value is -1.90. The van der Waals surface area contributed by atoms with Gasteiger partial charge in [0.1, 0.15) is 19.9 Å². The molecule has 1 amide bonds. The van der Waals surface area contributed by atoms with Crippen molar-refractivity contribution in [2.45, 2.75) is 26.2 Å². The van der Waals surface area contributed by atoms with Gasteiger partial charge in [0.05, 0.1) is 6.04 Å². The first-order valence-electron chi connectivity index (χ1n) is 7.84. The number of carbonyl (C=O) groups is 2. The Kier molecular flexibility index (Phi) is 12.4. The minimum Gasteiger partial charge on any atom is -0.460 e. The Labute approximate surface area is 149 Å². The van der Waals surface area contributed by atoms with Gasteiger partial charge in [0.2, 0.25) is 0 Å². The molecule has 0 aliphatic rings. The van der Waals surface area contributed by atoms with Crippen LogP contribution in [0.15, 0.2) is 24.8 Å². The number of ether oxygens (including phenoxy) is 5. The molecule has 0 bridgehead atoms. The number of hydrogen-bond acceptors (Lipinski definition) is 7. The maximum absolute atomic E-state index is 12.2. The Balaban J connectivity index is 4.86. The van der Waals surface area contributed by atoms with Gasteiger partial charge in [0.15, 0.2) is 6.29 Å². The van der Waals surface area contributed by atoms with Crippen LogP contribution >= 0.6 is 0 Å². The molecule has 0 aromatic heterocycles. The minimum atomic E-state index is -0.632. The van der Waals surface area contributed by atoms with Crippen molar-refractivity contribution < 1.29 is 33.3 Å². The van der Waals surface area contributed by atoms with Crippen LogP contribution in [0.1, 0.15) is 13.8 Å². The number of methoxy groups -OCH3 is 3. The Morgan fingerprint density at radius 2 is 1.76 bits per heavy atom. The Bertz CT molecular complexity index is 433. The molecule has 0 rings (SSSR count). The van der Waals surface area contributed by atoms with Crippen molar-refractivity contribution in [3.63, 3.8) is 0 Å². The zero-order valence-electron chi connectivity index (χ0n) is 15.6. The number of nitrogens with zero attached hydrogens (tertiary/aromatic N) is 1. The summed E-state index contributed by atoms with van der Waals surface area (Å²) in [4.78, 5) is 25.4. The maximum atomic E-state index is 12.2. The van der Waals surface area contributed by atoms with Gasteiger partial charge in [0, 0.05) is 27.4 Å². The van der Waals surface area contributed by atoms with Crippen LogP contribution in [0.3, 0.4) is 0 Å². The van der Waals surface area contributed by atoms with Crippen molar-refractivity contribution >= 4 is 12.1 Å². The van der Waals surface area contributed by atoms with Gasteiger partial charge < -0.3 is 23.7 Å². The molecule has 8 nitrogen and oxygen atoms in total. The number of rotatable bonds is 12.